The lowest BCUT2D eigenvalue weighted by atomic mass is 9.94. The van der Waals surface area contributed by atoms with Gasteiger partial charge in [-0.05, 0) is 44.4 Å². The Morgan fingerprint density at radius 2 is 1.87 bits per heavy atom. The van der Waals surface area contributed by atoms with Crippen molar-refractivity contribution in [1.82, 2.24) is 0 Å². The fourth-order valence-electron chi connectivity index (χ4n) is 1.66. The number of hydrogen-bond acceptors (Lipinski definition) is 2. The Morgan fingerprint density at radius 3 is 2.40 bits per heavy atom. The Hall–Kier alpha value is -1.15. The van der Waals surface area contributed by atoms with Crippen LogP contribution in [0.25, 0.3) is 0 Å². The average Bonchev–Trinajstić information content (AvgIpc) is 2.13. The third-order valence-corrected chi connectivity index (χ3v) is 2.87. The van der Waals surface area contributed by atoms with E-state index < -0.39 is 0 Å². The average molecular weight is 205 g/mol. The maximum absolute atomic E-state index is 11.9. The van der Waals surface area contributed by atoms with Crippen LogP contribution in [0.1, 0.15) is 40.4 Å². The summed E-state index contributed by atoms with van der Waals surface area (Å²) in [6.07, 6.45) is 0.420. The molecule has 2 heteroatoms. The Labute approximate surface area is 91.5 Å². The highest BCUT2D eigenvalue weighted by Gasteiger charge is 2.12. The van der Waals surface area contributed by atoms with Crippen LogP contribution >= 0.6 is 0 Å². The fourth-order valence-corrected chi connectivity index (χ4v) is 1.66. The quantitative estimate of drug-likeness (QED) is 0.770. The van der Waals surface area contributed by atoms with Crippen molar-refractivity contribution >= 4 is 5.78 Å². The molecular weight excluding hydrogens is 186 g/mol. The molecule has 0 aromatic heterocycles. The maximum Gasteiger partial charge on any atom is 0.164 e. The van der Waals surface area contributed by atoms with Crippen LogP contribution in [-0.4, -0.2) is 11.8 Å². The number of nitrogens with two attached hydrogens (primary N) is 1. The van der Waals surface area contributed by atoms with Crippen LogP contribution in [0.4, 0.5) is 0 Å². The van der Waals surface area contributed by atoms with Crippen LogP contribution in [0, 0.1) is 20.8 Å². The number of carbonyl (C=O) groups excluding carboxylic acids is 1. The van der Waals surface area contributed by atoms with E-state index in [2.05, 4.69) is 6.92 Å². The highest BCUT2D eigenvalue weighted by Crippen LogP contribution is 2.18. The molecule has 0 aliphatic rings. The molecule has 1 rings (SSSR count). The summed E-state index contributed by atoms with van der Waals surface area (Å²) in [5.41, 5.74) is 9.95. The summed E-state index contributed by atoms with van der Waals surface area (Å²) in [6.45, 7) is 7.96. The van der Waals surface area contributed by atoms with Crippen molar-refractivity contribution in [2.24, 2.45) is 5.73 Å². The second-order valence-electron chi connectivity index (χ2n) is 4.28. The predicted molar refractivity (Wildman–Crippen MR) is 63.2 cm³/mol. The summed E-state index contributed by atoms with van der Waals surface area (Å²) in [6, 6.07) is 3.83. The molecule has 0 aliphatic heterocycles. The van der Waals surface area contributed by atoms with Gasteiger partial charge in [-0.1, -0.05) is 12.1 Å². The van der Waals surface area contributed by atoms with Gasteiger partial charge in [0.2, 0.25) is 0 Å². The summed E-state index contributed by atoms with van der Waals surface area (Å²) >= 11 is 0. The number of hydrogen-bond donors (Lipinski definition) is 1. The zero-order chi connectivity index (χ0) is 11.6. The first-order valence-corrected chi connectivity index (χ1v) is 5.29. The van der Waals surface area contributed by atoms with E-state index in [0.717, 1.165) is 11.1 Å². The molecule has 15 heavy (non-hydrogen) atoms. The summed E-state index contributed by atoms with van der Waals surface area (Å²) in [7, 11) is 0. The maximum atomic E-state index is 11.9. The number of rotatable bonds is 3. The lowest BCUT2D eigenvalue weighted by molar-refractivity contribution is 0.0976. The van der Waals surface area contributed by atoms with E-state index in [1.807, 2.05) is 32.9 Å². The Morgan fingerprint density at radius 1 is 1.27 bits per heavy atom. The molecule has 0 saturated carbocycles. The molecule has 82 valence electrons. The SMILES string of the molecule is Cc1ccc(C(=O)CC(C)N)c(C)c1C. The van der Waals surface area contributed by atoms with Crippen LogP contribution in [0.5, 0.6) is 0 Å². The van der Waals surface area contributed by atoms with Crippen molar-refractivity contribution in [3.8, 4) is 0 Å². The van der Waals surface area contributed by atoms with Gasteiger partial charge in [0, 0.05) is 18.0 Å². The molecule has 0 radical (unpaired) electrons. The largest absolute Gasteiger partial charge is 0.328 e. The summed E-state index contributed by atoms with van der Waals surface area (Å²) < 4.78 is 0. The zero-order valence-electron chi connectivity index (χ0n) is 9.92. The Kier molecular flexibility index (Phi) is 3.64. The minimum Gasteiger partial charge on any atom is -0.328 e. The van der Waals surface area contributed by atoms with Crippen LogP contribution in [-0.2, 0) is 0 Å². The second kappa shape index (κ2) is 4.58. The first-order valence-electron chi connectivity index (χ1n) is 5.29. The standard InChI is InChI=1S/C13H19NO/c1-8-5-6-12(11(4)10(8)3)13(15)7-9(2)14/h5-6,9H,7,14H2,1-4H3. The Balaban J connectivity index is 3.06. The van der Waals surface area contributed by atoms with Crippen molar-refractivity contribution < 1.29 is 4.79 Å². The van der Waals surface area contributed by atoms with Gasteiger partial charge in [0.05, 0.1) is 0 Å². The number of Topliss-reactive ketones (excluding diaryl/α,β-unsaturated/α-hetero) is 1. The van der Waals surface area contributed by atoms with E-state index in [9.17, 15) is 4.79 Å². The molecule has 1 unspecified atom stereocenters. The summed E-state index contributed by atoms with van der Waals surface area (Å²) in [5, 5.41) is 0. The lowest BCUT2D eigenvalue weighted by Crippen LogP contribution is -2.20. The van der Waals surface area contributed by atoms with Crippen molar-refractivity contribution in [2.45, 2.75) is 40.2 Å². The van der Waals surface area contributed by atoms with Crippen LogP contribution < -0.4 is 5.73 Å². The molecule has 1 atom stereocenters. The highest BCUT2D eigenvalue weighted by molar-refractivity contribution is 5.98. The van der Waals surface area contributed by atoms with Gasteiger partial charge in [0.15, 0.2) is 5.78 Å². The second-order valence-corrected chi connectivity index (χ2v) is 4.28. The normalized spacial score (nSPS) is 12.6. The molecule has 1 aromatic carbocycles. The van der Waals surface area contributed by atoms with Gasteiger partial charge in [-0.3, -0.25) is 4.79 Å². The number of benzene rings is 1. The molecule has 0 aliphatic carbocycles. The van der Waals surface area contributed by atoms with Crippen molar-refractivity contribution in [3.63, 3.8) is 0 Å². The van der Waals surface area contributed by atoms with Crippen LogP contribution in [0.15, 0.2) is 12.1 Å². The van der Waals surface area contributed by atoms with Crippen LogP contribution in [0.3, 0.4) is 0 Å². The third-order valence-electron chi connectivity index (χ3n) is 2.87. The van der Waals surface area contributed by atoms with Gasteiger partial charge in [-0.25, -0.2) is 0 Å². The molecule has 1 aromatic rings. The molecule has 2 nitrogen and oxygen atoms in total. The molecule has 0 amide bonds. The molecular formula is C13H19NO. The smallest absolute Gasteiger partial charge is 0.164 e. The minimum absolute atomic E-state index is 0.0708. The van der Waals surface area contributed by atoms with Gasteiger partial charge in [0.25, 0.3) is 0 Å². The van der Waals surface area contributed by atoms with E-state index in [1.165, 1.54) is 11.1 Å². The van der Waals surface area contributed by atoms with E-state index in [4.69, 9.17) is 5.73 Å². The molecule has 0 heterocycles. The summed E-state index contributed by atoms with van der Waals surface area (Å²) in [4.78, 5) is 11.9. The zero-order valence-corrected chi connectivity index (χ0v) is 9.92. The monoisotopic (exact) mass is 205 g/mol. The number of carbonyl (C=O) groups is 1. The molecule has 0 saturated heterocycles. The van der Waals surface area contributed by atoms with E-state index in [1.54, 1.807) is 0 Å². The minimum atomic E-state index is -0.0708. The van der Waals surface area contributed by atoms with Crippen molar-refractivity contribution in [2.75, 3.05) is 0 Å². The van der Waals surface area contributed by atoms with Gasteiger partial charge in [-0.15, -0.1) is 0 Å². The van der Waals surface area contributed by atoms with Gasteiger partial charge >= 0.3 is 0 Å². The highest BCUT2D eigenvalue weighted by atomic mass is 16.1. The predicted octanol–water partition coefficient (Wildman–Crippen LogP) is 2.53. The lowest BCUT2D eigenvalue weighted by Gasteiger charge is -2.11. The Bertz CT molecular complexity index is 380. The van der Waals surface area contributed by atoms with Gasteiger partial charge < -0.3 is 5.73 Å². The van der Waals surface area contributed by atoms with Crippen LogP contribution in [0.2, 0.25) is 0 Å². The van der Waals surface area contributed by atoms with Gasteiger partial charge in [0.1, 0.15) is 0 Å². The van der Waals surface area contributed by atoms with Crippen molar-refractivity contribution in [1.29, 1.82) is 0 Å². The molecule has 2 N–H and O–H groups in total. The topological polar surface area (TPSA) is 43.1 Å². The van der Waals surface area contributed by atoms with E-state index in [0.29, 0.717) is 6.42 Å². The molecule has 0 fully saturated rings. The first-order chi connectivity index (χ1) is 6.93. The van der Waals surface area contributed by atoms with E-state index >= 15 is 0 Å². The summed E-state index contributed by atoms with van der Waals surface area (Å²) in [5.74, 6) is 0.144. The molecule has 0 bridgehead atoms. The third kappa shape index (κ3) is 2.66. The van der Waals surface area contributed by atoms with Crippen molar-refractivity contribution in [3.05, 3.63) is 34.4 Å². The number of aryl methyl sites for hydroxylation is 1. The molecule has 0 spiro atoms. The van der Waals surface area contributed by atoms with E-state index in [-0.39, 0.29) is 11.8 Å². The fraction of sp³-hybridized carbons (Fsp3) is 0.462. The first kappa shape index (κ1) is 11.9. The van der Waals surface area contributed by atoms with Gasteiger partial charge in [-0.2, -0.15) is 0 Å². The number of ketones is 1.